The van der Waals surface area contributed by atoms with Crippen molar-refractivity contribution < 1.29 is 4.79 Å². The van der Waals surface area contributed by atoms with Crippen LogP contribution < -0.4 is 5.32 Å². The quantitative estimate of drug-likeness (QED) is 0.942. The van der Waals surface area contributed by atoms with E-state index in [1.54, 1.807) is 6.20 Å². The fourth-order valence-corrected chi connectivity index (χ4v) is 3.43. The Morgan fingerprint density at radius 2 is 2.00 bits per heavy atom. The second-order valence-corrected chi connectivity index (χ2v) is 6.47. The summed E-state index contributed by atoms with van der Waals surface area (Å²) in [6.45, 7) is 2.27. The molecule has 2 amide bonds. The van der Waals surface area contributed by atoms with Gasteiger partial charge in [0.15, 0.2) is 0 Å². The van der Waals surface area contributed by atoms with Crippen molar-refractivity contribution in [2.75, 3.05) is 24.6 Å². The lowest BCUT2D eigenvalue weighted by atomic mass is 10.1. The van der Waals surface area contributed by atoms with Crippen LogP contribution in [0.4, 0.5) is 4.79 Å². The molecule has 116 valence electrons. The largest absolute Gasteiger partial charge is 0.329 e. The minimum absolute atomic E-state index is 0.0151. The first-order valence-electron chi connectivity index (χ1n) is 7.48. The van der Waals surface area contributed by atoms with Crippen LogP contribution >= 0.6 is 11.8 Å². The molecule has 1 aromatic heterocycles. The van der Waals surface area contributed by atoms with Gasteiger partial charge in [-0.2, -0.15) is 16.9 Å². The average molecular weight is 316 g/mol. The zero-order valence-corrected chi connectivity index (χ0v) is 13.2. The zero-order valence-electron chi connectivity index (χ0n) is 12.4. The predicted molar refractivity (Wildman–Crippen MR) is 88.8 cm³/mol. The second-order valence-electron chi connectivity index (χ2n) is 5.24. The first-order chi connectivity index (χ1) is 10.8. The van der Waals surface area contributed by atoms with E-state index in [-0.39, 0.29) is 12.1 Å². The van der Waals surface area contributed by atoms with E-state index < -0.39 is 0 Å². The summed E-state index contributed by atoms with van der Waals surface area (Å²) in [6, 6.07) is 11.9. The van der Waals surface area contributed by atoms with Crippen LogP contribution in [0.25, 0.3) is 0 Å². The minimum Gasteiger partial charge on any atom is -0.329 e. The van der Waals surface area contributed by atoms with E-state index in [4.69, 9.17) is 0 Å². The Morgan fingerprint density at radius 1 is 1.23 bits per heavy atom. The lowest BCUT2D eigenvalue weighted by Crippen LogP contribution is -2.46. The van der Waals surface area contributed by atoms with Gasteiger partial charge >= 0.3 is 6.03 Å². The lowest BCUT2D eigenvalue weighted by molar-refractivity contribution is 0.197. The number of hydrogen-bond acceptors (Lipinski definition) is 3. The van der Waals surface area contributed by atoms with Crippen LogP contribution in [0.1, 0.15) is 11.6 Å². The van der Waals surface area contributed by atoms with Crippen molar-refractivity contribution in [3.8, 4) is 0 Å². The standard InChI is InChI=1S/C16H20N4OS/c21-16(19-9-11-22-12-10-19)18-15(13-20-8-4-7-17-20)14-5-2-1-3-6-14/h1-8,15H,9-13H2,(H,18,21)/t15-/m1/s1. The third-order valence-corrected chi connectivity index (χ3v) is 4.67. The summed E-state index contributed by atoms with van der Waals surface area (Å²) in [5, 5.41) is 7.41. The van der Waals surface area contributed by atoms with Crippen molar-refractivity contribution in [3.05, 3.63) is 54.4 Å². The average Bonchev–Trinajstić information content (AvgIpc) is 3.09. The number of rotatable bonds is 4. The Balaban J connectivity index is 1.71. The molecule has 0 spiro atoms. The van der Waals surface area contributed by atoms with Gasteiger partial charge in [0, 0.05) is 37.0 Å². The molecular formula is C16H20N4OS. The number of thioether (sulfide) groups is 1. The van der Waals surface area contributed by atoms with Gasteiger partial charge < -0.3 is 10.2 Å². The summed E-state index contributed by atoms with van der Waals surface area (Å²) in [5.74, 6) is 2.03. The van der Waals surface area contributed by atoms with E-state index in [9.17, 15) is 4.79 Å². The summed E-state index contributed by atoms with van der Waals surface area (Å²) in [6.07, 6.45) is 3.67. The van der Waals surface area contributed by atoms with E-state index in [2.05, 4.69) is 10.4 Å². The van der Waals surface area contributed by atoms with Gasteiger partial charge in [0.05, 0.1) is 12.6 Å². The van der Waals surface area contributed by atoms with Crippen molar-refractivity contribution in [2.45, 2.75) is 12.6 Å². The van der Waals surface area contributed by atoms with E-state index in [1.165, 1.54) is 0 Å². The molecule has 0 unspecified atom stereocenters. The van der Waals surface area contributed by atoms with Crippen LogP contribution in [0.2, 0.25) is 0 Å². The zero-order chi connectivity index (χ0) is 15.2. The van der Waals surface area contributed by atoms with Crippen molar-refractivity contribution in [1.29, 1.82) is 0 Å². The van der Waals surface area contributed by atoms with Crippen LogP contribution in [0.15, 0.2) is 48.8 Å². The molecule has 22 heavy (non-hydrogen) atoms. The van der Waals surface area contributed by atoms with Gasteiger partial charge in [0.25, 0.3) is 0 Å². The maximum absolute atomic E-state index is 12.5. The van der Waals surface area contributed by atoms with Crippen molar-refractivity contribution in [1.82, 2.24) is 20.0 Å². The highest BCUT2D eigenvalue weighted by atomic mass is 32.2. The fraction of sp³-hybridized carbons (Fsp3) is 0.375. The predicted octanol–water partition coefficient (Wildman–Crippen LogP) is 2.38. The molecule has 2 aromatic rings. The topological polar surface area (TPSA) is 50.2 Å². The molecule has 1 atom stereocenters. The maximum atomic E-state index is 12.5. The third-order valence-electron chi connectivity index (χ3n) is 3.73. The number of urea groups is 1. The maximum Gasteiger partial charge on any atom is 0.317 e. The van der Waals surface area contributed by atoms with Crippen LogP contribution in [0, 0.1) is 0 Å². The highest BCUT2D eigenvalue weighted by Crippen LogP contribution is 2.16. The van der Waals surface area contributed by atoms with Gasteiger partial charge in [0.2, 0.25) is 0 Å². The number of nitrogens with one attached hydrogen (secondary N) is 1. The molecule has 0 bridgehead atoms. The smallest absolute Gasteiger partial charge is 0.317 e. The molecule has 1 aliphatic rings. The van der Waals surface area contributed by atoms with Gasteiger partial charge in [-0.1, -0.05) is 30.3 Å². The van der Waals surface area contributed by atoms with Crippen LogP contribution in [-0.4, -0.2) is 45.3 Å². The summed E-state index contributed by atoms with van der Waals surface area (Å²) in [5.41, 5.74) is 1.10. The van der Waals surface area contributed by atoms with Crippen LogP contribution in [-0.2, 0) is 6.54 Å². The first kappa shape index (κ1) is 15.0. The van der Waals surface area contributed by atoms with Crippen molar-refractivity contribution in [3.63, 3.8) is 0 Å². The monoisotopic (exact) mass is 316 g/mol. The Hall–Kier alpha value is -1.95. The van der Waals surface area contributed by atoms with E-state index in [0.717, 1.165) is 30.2 Å². The number of amides is 2. The van der Waals surface area contributed by atoms with Crippen LogP contribution in [0.5, 0.6) is 0 Å². The summed E-state index contributed by atoms with van der Waals surface area (Å²) in [4.78, 5) is 14.4. The van der Waals surface area contributed by atoms with E-state index in [1.807, 2.05) is 63.9 Å². The molecular weight excluding hydrogens is 296 g/mol. The third kappa shape index (κ3) is 3.82. The molecule has 1 aromatic carbocycles. The highest BCUT2D eigenvalue weighted by Gasteiger charge is 2.21. The molecule has 6 heteroatoms. The normalized spacial score (nSPS) is 16.3. The summed E-state index contributed by atoms with van der Waals surface area (Å²) >= 11 is 1.90. The summed E-state index contributed by atoms with van der Waals surface area (Å²) < 4.78 is 1.85. The lowest BCUT2D eigenvalue weighted by Gasteiger charge is -2.29. The molecule has 3 rings (SSSR count). The van der Waals surface area contributed by atoms with Crippen molar-refractivity contribution in [2.24, 2.45) is 0 Å². The number of carbonyl (C=O) groups excluding carboxylic acids is 1. The minimum atomic E-state index is -0.0804. The van der Waals surface area contributed by atoms with Gasteiger partial charge in [-0.15, -0.1) is 0 Å². The highest BCUT2D eigenvalue weighted by molar-refractivity contribution is 7.99. The van der Waals surface area contributed by atoms with Crippen LogP contribution in [0.3, 0.4) is 0 Å². The fourth-order valence-electron chi connectivity index (χ4n) is 2.52. The number of benzene rings is 1. The molecule has 1 aliphatic heterocycles. The molecule has 0 aliphatic carbocycles. The van der Waals surface area contributed by atoms with E-state index in [0.29, 0.717) is 6.54 Å². The first-order valence-corrected chi connectivity index (χ1v) is 8.64. The molecule has 1 N–H and O–H groups in total. The number of aromatic nitrogens is 2. The Kier molecular flexibility index (Phi) is 5.00. The number of nitrogens with zero attached hydrogens (tertiary/aromatic N) is 3. The Morgan fingerprint density at radius 3 is 2.68 bits per heavy atom. The van der Waals surface area contributed by atoms with E-state index >= 15 is 0 Å². The van der Waals surface area contributed by atoms with Crippen molar-refractivity contribution >= 4 is 17.8 Å². The molecule has 0 saturated carbocycles. The number of hydrogen-bond donors (Lipinski definition) is 1. The molecule has 1 fully saturated rings. The Bertz CT molecular complexity index is 581. The number of carbonyl (C=O) groups is 1. The molecule has 2 heterocycles. The SMILES string of the molecule is O=C(N[C@H](Cn1cccn1)c1ccccc1)N1CCSCC1. The molecule has 5 nitrogen and oxygen atoms in total. The summed E-state index contributed by atoms with van der Waals surface area (Å²) in [7, 11) is 0. The van der Waals surface area contributed by atoms with Gasteiger partial charge in [-0.05, 0) is 11.6 Å². The molecule has 1 saturated heterocycles. The van der Waals surface area contributed by atoms with Gasteiger partial charge in [0.1, 0.15) is 0 Å². The van der Waals surface area contributed by atoms with Gasteiger partial charge in [-0.3, -0.25) is 4.68 Å². The molecule has 0 radical (unpaired) electrons. The van der Waals surface area contributed by atoms with Gasteiger partial charge in [-0.25, -0.2) is 4.79 Å². The Labute approximate surface area is 134 Å². The second kappa shape index (κ2) is 7.35.